The van der Waals surface area contributed by atoms with Crippen LogP contribution in [0.4, 0.5) is 5.69 Å². The van der Waals surface area contributed by atoms with Crippen molar-refractivity contribution in [1.29, 1.82) is 0 Å². The number of pyridine rings is 1. The van der Waals surface area contributed by atoms with Crippen LogP contribution in [0.15, 0.2) is 48.7 Å². The summed E-state index contributed by atoms with van der Waals surface area (Å²) in [6.45, 7) is -0.448. The number of aromatic nitrogens is 1. The van der Waals surface area contributed by atoms with Gasteiger partial charge in [-0.3, -0.25) is 9.78 Å². The van der Waals surface area contributed by atoms with Crippen LogP contribution in [-0.4, -0.2) is 49.5 Å². The van der Waals surface area contributed by atoms with Gasteiger partial charge in [0.2, 0.25) is 15.9 Å². The van der Waals surface area contributed by atoms with Gasteiger partial charge in [-0.2, -0.15) is 4.31 Å². The van der Waals surface area contributed by atoms with Crippen LogP contribution in [-0.2, 0) is 26.1 Å². The molecule has 9 heteroatoms. The third-order valence-electron chi connectivity index (χ3n) is 3.46. The summed E-state index contributed by atoms with van der Waals surface area (Å²) in [4.78, 5) is 28.2. The molecule has 138 valence electrons. The molecule has 1 heterocycles. The van der Waals surface area contributed by atoms with Crippen LogP contribution < -0.4 is 5.32 Å². The summed E-state index contributed by atoms with van der Waals surface area (Å²) in [6, 6.07) is 11.4. The molecule has 0 fully saturated rings. The molecule has 0 aliphatic rings. The summed E-state index contributed by atoms with van der Waals surface area (Å²) >= 11 is 0. The SMILES string of the molecule is COC(=O)c1ccccc1NC(=O)CN(Cc1ccccn1)S(C)(=O)=O. The van der Waals surface area contributed by atoms with E-state index in [4.69, 9.17) is 0 Å². The Labute approximate surface area is 151 Å². The van der Waals surface area contributed by atoms with Crippen LogP contribution in [0.25, 0.3) is 0 Å². The minimum atomic E-state index is -3.64. The van der Waals surface area contributed by atoms with E-state index in [0.717, 1.165) is 10.6 Å². The molecule has 0 radical (unpaired) electrons. The number of esters is 1. The van der Waals surface area contributed by atoms with Gasteiger partial charge in [0.25, 0.3) is 0 Å². The second-order valence-corrected chi connectivity index (χ2v) is 7.42. The molecule has 2 rings (SSSR count). The molecule has 0 aliphatic heterocycles. The predicted octanol–water partition coefficient (Wildman–Crippen LogP) is 1.27. The highest BCUT2D eigenvalue weighted by molar-refractivity contribution is 7.88. The first-order valence-electron chi connectivity index (χ1n) is 7.63. The molecule has 2 aromatic rings. The number of amides is 1. The van der Waals surface area contributed by atoms with Crippen LogP contribution >= 0.6 is 0 Å². The Balaban J connectivity index is 2.15. The molecule has 0 saturated heterocycles. The highest BCUT2D eigenvalue weighted by Crippen LogP contribution is 2.16. The minimum Gasteiger partial charge on any atom is -0.465 e. The average molecular weight is 377 g/mol. The van der Waals surface area contributed by atoms with Gasteiger partial charge < -0.3 is 10.1 Å². The van der Waals surface area contributed by atoms with E-state index in [1.807, 2.05) is 0 Å². The number of nitrogens with zero attached hydrogens (tertiary/aromatic N) is 2. The molecule has 1 amide bonds. The highest BCUT2D eigenvalue weighted by atomic mass is 32.2. The van der Waals surface area contributed by atoms with Gasteiger partial charge in [-0.15, -0.1) is 0 Å². The Bertz CT molecular complexity index is 884. The largest absolute Gasteiger partial charge is 0.465 e. The molecule has 0 bridgehead atoms. The lowest BCUT2D eigenvalue weighted by Gasteiger charge is -2.19. The molecular formula is C17H19N3O5S. The maximum absolute atomic E-state index is 12.3. The van der Waals surface area contributed by atoms with E-state index in [-0.39, 0.29) is 17.8 Å². The molecule has 1 N–H and O–H groups in total. The molecule has 26 heavy (non-hydrogen) atoms. The van der Waals surface area contributed by atoms with Crippen molar-refractivity contribution in [1.82, 2.24) is 9.29 Å². The Morgan fingerprint density at radius 2 is 1.85 bits per heavy atom. The minimum absolute atomic E-state index is 0.0360. The molecule has 0 spiro atoms. The smallest absolute Gasteiger partial charge is 0.339 e. The van der Waals surface area contributed by atoms with Crippen molar-refractivity contribution in [3.05, 3.63) is 59.9 Å². The first kappa shape index (κ1) is 19.5. The number of nitrogens with one attached hydrogen (secondary N) is 1. The van der Waals surface area contributed by atoms with E-state index >= 15 is 0 Å². The van der Waals surface area contributed by atoms with Crippen LogP contribution in [0.5, 0.6) is 0 Å². The van der Waals surface area contributed by atoms with Crippen LogP contribution in [0.2, 0.25) is 0 Å². The highest BCUT2D eigenvalue weighted by Gasteiger charge is 2.22. The van der Waals surface area contributed by atoms with E-state index in [2.05, 4.69) is 15.0 Å². The lowest BCUT2D eigenvalue weighted by Crippen LogP contribution is -2.37. The monoisotopic (exact) mass is 377 g/mol. The fourth-order valence-corrected chi connectivity index (χ4v) is 2.91. The molecule has 0 aliphatic carbocycles. The number of hydrogen-bond acceptors (Lipinski definition) is 6. The fourth-order valence-electron chi connectivity index (χ4n) is 2.19. The van der Waals surface area contributed by atoms with Gasteiger partial charge in [0.05, 0.1) is 43.4 Å². The Morgan fingerprint density at radius 3 is 2.46 bits per heavy atom. The number of methoxy groups -OCH3 is 1. The lowest BCUT2D eigenvalue weighted by atomic mass is 10.2. The zero-order valence-electron chi connectivity index (χ0n) is 14.4. The molecule has 0 unspecified atom stereocenters. The van der Waals surface area contributed by atoms with E-state index in [9.17, 15) is 18.0 Å². The third-order valence-corrected chi connectivity index (χ3v) is 4.66. The van der Waals surface area contributed by atoms with Crippen molar-refractivity contribution in [3.63, 3.8) is 0 Å². The number of hydrogen-bond donors (Lipinski definition) is 1. The number of carbonyl (C=O) groups is 2. The molecule has 0 saturated carbocycles. The second kappa shape index (κ2) is 8.54. The first-order chi connectivity index (χ1) is 12.3. The number of rotatable bonds is 7. The van der Waals surface area contributed by atoms with Crippen molar-refractivity contribution < 1.29 is 22.7 Å². The standard InChI is InChI=1S/C17H19N3O5S/c1-25-17(22)14-8-3-4-9-15(14)19-16(21)12-20(26(2,23)24)11-13-7-5-6-10-18-13/h3-10H,11-12H2,1-2H3,(H,19,21). The number of benzene rings is 1. The lowest BCUT2D eigenvalue weighted by molar-refractivity contribution is -0.116. The summed E-state index contributed by atoms with van der Waals surface area (Å²) in [5.41, 5.74) is 0.940. The number of ether oxygens (including phenoxy) is 1. The average Bonchev–Trinajstić information content (AvgIpc) is 2.61. The van der Waals surface area contributed by atoms with Gasteiger partial charge in [-0.25, -0.2) is 13.2 Å². The molecule has 0 atom stereocenters. The summed E-state index contributed by atoms with van der Waals surface area (Å²) in [5, 5.41) is 2.55. The van der Waals surface area contributed by atoms with Gasteiger partial charge in [0.15, 0.2) is 0 Å². The van der Waals surface area contributed by atoms with Crippen molar-refractivity contribution in [2.24, 2.45) is 0 Å². The van der Waals surface area contributed by atoms with Gasteiger partial charge >= 0.3 is 5.97 Å². The Morgan fingerprint density at radius 1 is 1.15 bits per heavy atom. The Kier molecular flexibility index (Phi) is 6.42. The number of anilines is 1. The quantitative estimate of drug-likeness (QED) is 0.729. The first-order valence-corrected chi connectivity index (χ1v) is 9.48. The number of carbonyl (C=O) groups excluding carboxylic acids is 2. The van der Waals surface area contributed by atoms with E-state index < -0.39 is 28.4 Å². The zero-order chi connectivity index (χ0) is 19.2. The topological polar surface area (TPSA) is 106 Å². The van der Waals surface area contributed by atoms with Crippen molar-refractivity contribution >= 4 is 27.6 Å². The van der Waals surface area contributed by atoms with Crippen molar-refractivity contribution in [2.45, 2.75) is 6.54 Å². The second-order valence-electron chi connectivity index (χ2n) is 5.44. The van der Waals surface area contributed by atoms with Gasteiger partial charge in [0.1, 0.15) is 0 Å². The fraction of sp³-hybridized carbons (Fsp3) is 0.235. The van der Waals surface area contributed by atoms with Crippen LogP contribution in [0.1, 0.15) is 16.1 Å². The number of para-hydroxylation sites is 1. The maximum atomic E-state index is 12.3. The molecule has 1 aromatic carbocycles. The van der Waals surface area contributed by atoms with Gasteiger partial charge in [0, 0.05) is 6.20 Å². The summed E-state index contributed by atoms with van der Waals surface area (Å²) in [7, 11) is -2.41. The van der Waals surface area contributed by atoms with Crippen molar-refractivity contribution in [2.75, 3.05) is 25.2 Å². The van der Waals surface area contributed by atoms with E-state index in [1.54, 1.807) is 36.5 Å². The summed E-state index contributed by atoms with van der Waals surface area (Å²) in [5.74, 6) is -1.18. The van der Waals surface area contributed by atoms with Gasteiger partial charge in [-0.1, -0.05) is 18.2 Å². The zero-order valence-corrected chi connectivity index (χ0v) is 15.2. The van der Waals surface area contributed by atoms with Crippen LogP contribution in [0.3, 0.4) is 0 Å². The van der Waals surface area contributed by atoms with Crippen LogP contribution in [0, 0.1) is 0 Å². The maximum Gasteiger partial charge on any atom is 0.339 e. The molecule has 8 nitrogen and oxygen atoms in total. The molecular weight excluding hydrogens is 358 g/mol. The molecule has 1 aromatic heterocycles. The summed E-state index contributed by atoms with van der Waals surface area (Å²) < 4.78 is 29.7. The van der Waals surface area contributed by atoms with E-state index in [0.29, 0.717) is 5.69 Å². The van der Waals surface area contributed by atoms with Gasteiger partial charge in [-0.05, 0) is 24.3 Å². The Hall–Kier alpha value is -2.78. The predicted molar refractivity (Wildman–Crippen MR) is 95.9 cm³/mol. The van der Waals surface area contributed by atoms with Crippen molar-refractivity contribution in [3.8, 4) is 0 Å². The van der Waals surface area contributed by atoms with E-state index in [1.165, 1.54) is 19.2 Å². The number of sulfonamides is 1. The summed E-state index contributed by atoms with van der Waals surface area (Å²) in [6.07, 6.45) is 2.56. The normalized spacial score (nSPS) is 11.2. The third kappa shape index (κ3) is 5.36.